The maximum atomic E-state index is 12.5. The molecule has 0 radical (unpaired) electrons. The Kier molecular flexibility index (Phi) is 2.99. The van der Waals surface area contributed by atoms with Crippen molar-refractivity contribution in [3.8, 4) is 0 Å². The summed E-state index contributed by atoms with van der Waals surface area (Å²) in [5.74, 6) is -0.312. The van der Waals surface area contributed by atoms with Crippen LogP contribution in [0.15, 0.2) is 24.2 Å². The van der Waals surface area contributed by atoms with Crippen LogP contribution >= 0.6 is 0 Å². The van der Waals surface area contributed by atoms with Gasteiger partial charge in [-0.15, -0.1) is 0 Å². The van der Waals surface area contributed by atoms with Crippen LogP contribution in [0.3, 0.4) is 0 Å². The lowest BCUT2D eigenvalue weighted by atomic mass is 10.2. The lowest BCUT2D eigenvalue weighted by Gasteiger charge is -1.98. The van der Waals surface area contributed by atoms with E-state index in [1.807, 2.05) is 0 Å². The number of halogens is 1. The molecule has 2 N–H and O–H groups in total. The van der Waals surface area contributed by atoms with E-state index >= 15 is 0 Å². The predicted molar refractivity (Wildman–Crippen MR) is 37.4 cm³/mol. The fourth-order valence-electron chi connectivity index (χ4n) is 0.344. The van der Waals surface area contributed by atoms with Crippen LogP contribution < -0.4 is 5.73 Å². The van der Waals surface area contributed by atoms with Crippen LogP contribution in [0.5, 0.6) is 0 Å². The van der Waals surface area contributed by atoms with E-state index in [0.717, 1.165) is 0 Å². The van der Waals surface area contributed by atoms with Crippen LogP contribution in [-0.2, 0) is 0 Å². The standard InChI is InChI=1S/C7H12FN/c1-5(2)7(8)4-6(3)9/h4-5H,3,9H2,1-2H3/b7-4+. The Bertz CT molecular complexity index is 136. The molecule has 0 aliphatic heterocycles. The highest BCUT2D eigenvalue weighted by molar-refractivity contribution is 5.14. The van der Waals surface area contributed by atoms with Gasteiger partial charge in [-0.2, -0.15) is 0 Å². The zero-order chi connectivity index (χ0) is 7.44. The first-order valence-corrected chi connectivity index (χ1v) is 2.85. The summed E-state index contributed by atoms with van der Waals surface area (Å²) in [4.78, 5) is 0. The molecule has 0 atom stereocenters. The van der Waals surface area contributed by atoms with Gasteiger partial charge in [-0.25, -0.2) is 4.39 Å². The maximum absolute atomic E-state index is 12.5. The van der Waals surface area contributed by atoms with Crippen LogP contribution in [0, 0.1) is 5.92 Å². The molecule has 0 rings (SSSR count). The van der Waals surface area contributed by atoms with Gasteiger partial charge in [0, 0.05) is 11.6 Å². The second-order valence-corrected chi connectivity index (χ2v) is 2.26. The monoisotopic (exact) mass is 129 g/mol. The molecule has 0 saturated carbocycles. The van der Waals surface area contributed by atoms with Crippen molar-refractivity contribution in [1.29, 1.82) is 0 Å². The van der Waals surface area contributed by atoms with Crippen LogP contribution in [-0.4, -0.2) is 0 Å². The predicted octanol–water partition coefficient (Wildman–Crippen LogP) is 1.97. The Hall–Kier alpha value is -0.790. The molecule has 1 nitrogen and oxygen atoms in total. The molecule has 0 unspecified atom stereocenters. The Morgan fingerprint density at radius 3 is 2.22 bits per heavy atom. The molecule has 0 aliphatic carbocycles. The van der Waals surface area contributed by atoms with Crippen molar-refractivity contribution < 1.29 is 4.39 Å². The number of rotatable bonds is 2. The first-order valence-electron chi connectivity index (χ1n) is 2.85. The average Bonchev–Trinajstić information content (AvgIpc) is 1.63. The third-order valence-corrected chi connectivity index (χ3v) is 0.875. The van der Waals surface area contributed by atoms with E-state index in [1.165, 1.54) is 6.08 Å². The minimum Gasteiger partial charge on any atom is -0.399 e. The van der Waals surface area contributed by atoms with Crippen molar-refractivity contribution >= 4 is 0 Å². The van der Waals surface area contributed by atoms with E-state index in [0.29, 0.717) is 0 Å². The van der Waals surface area contributed by atoms with Crippen molar-refractivity contribution in [2.24, 2.45) is 11.7 Å². The molecular weight excluding hydrogens is 117 g/mol. The fraction of sp³-hybridized carbons (Fsp3) is 0.429. The van der Waals surface area contributed by atoms with Gasteiger partial charge in [-0.05, 0) is 6.08 Å². The summed E-state index contributed by atoms with van der Waals surface area (Å²) < 4.78 is 12.5. The van der Waals surface area contributed by atoms with E-state index in [9.17, 15) is 4.39 Å². The van der Waals surface area contributed by atoms with Gasteiger partial charge in [0.05, 0.1) is 0 Å². The topological polar surface area (TPSA) is 26.0 Å². The molecule has 0 spiro atoms. The second kappa shape index (κ2) is 3.28. The molecule has 2 heteroatoms. The van der Waals surface area contributed by atoms with Crippen molar-refractivity contribution in [3.63, 3.8) is 0 Å². The molecule has 0 fully saturated rings. The lowest BCUT2D eigenvalue weighted by molar-refractivity contribution is 0.519. The average molecular weight is 129 g/mol. The summed E-state index contributed by atoms with van der Waals surface area (Å²) in [6, 6.07) is 0. The Labute approximate surface area is 55.1 Å². The van der Waals surface area contributed by atoms with Crippen molar-refractivity contribution in [2.75, 3.05) is 0 Å². The Balaban J connectivity index is 4.00. The molecule has 0 aliphatic rings. The van der Waals surface area contributed by atoms with Crippen LogP contribution in [0.4, 0.5) is 4.39 Å². The van der Waals surface area contributed by atoms with Crippen LogP contribution in [0.25, 0.3) is 0 Å². The Morgan fingerprint density at radius 2 is 2.11 bits per heavy atom. The lowest BCUT2D eigenvalue weighted by Crippen LogP contribution is -1.94. The molecular formula is C7H12FN. The number of nitrogens with two attached hydrogens (primary N) is 1. The van der Waals surface area contributed by atoms with Crippen LogP contribution in [0.1, 0.15) is 13.8 Å². The van der Waals surface area contributed by atoms with E-state index in [1.54, 1.807) is 13.8 Å². The van der Waals surface area contributed by atoms with Gasteiger partial charge in [0.25, 0.3) is 0 Å². The third-order valence-electron chi connectivity index (χ3n) is 0.875. The Morgan fingerprint density at radius 1 is 1.67 bits per heavy atom. The van der Waals surface area contributed by atoms with Crippen molar-refractivity contribution in [2.45, 2.75) is 13.8 Å². The normalized spacial score (nSPS) is 12.2. The third kappa shape index (κ3) is 3.76. The maximum Gasteiger partial charge on any atom is 0.104 e. The first kappa shape index (κ1) is 8.21. The largest absolute Gasteiger partial charge is 0.399 e. The summed E-state index contributed by atoms with van der Waals surface area (Å²) in [5, 5.41) is 0. The van der Waals surface area contributed by atoms with E-state index < -0.39 is 0 Å². The number of hydrogen-bond donors (Lipinski definition) is 1. The van der Waals surface area contributed by atoms with Gasteiger partial charge in [-0.3, -0.25) is 0 Å². The summed E-state index contributed by atoms with van der Waals surface area (Å²) in [7, 11) is 0. The van der Waals surface area contributed by atoms with E-state index in [4.69, 9.17) is 5.73 Å². The SMILES string of the molecule is C=C(N)/C=C(/F)C(C)C. The summed E-state index contributed by atoms with van der Waals surface area (Å²) in [6.45, 7) is 6.86. The molecule has 0 aromatic carbocycles. The molecule has 0 aromatic heterocycles. The zero-order valence-corrected chi connectivity index (χ0v) is 5.82. The van der Waals surface area contributed by atoms with Crippen LogP contribution in [0.2, 0.25) is 0 Å². The molecule has 0 bridgehead atoms. The number of allylic oxidation sites excluding steroid dienone is 2. The zero-order valence-electron chi connectivity index (χ0n) is 5.82. The highest BCUT2D eigenvalue weighted by Crippen LogP contribution is 2.10. The molecule has 0 saturated heterocycles. The van der Waals surface area contributed by atoms with Gasteiger partial charge < -0.3 is 5.73 Å². The van der Waals surface area contributed by atoms with Gasteiger partial charge in [0.15, 0.2) is 0 Å². The van der Waals surface area contributed by atoms with Gasteiger partial charge in [-0.1, -0.05) is 20.4 Å². The van der Waals surface area contributed by atoms with Gasteiger partial charge in [0.1, 0.15) is 5.83 Å². The van der Waals surface area contributed by atoms with Gasteiger partial charge in [0.2, 0.25) is 0 Å². The quantitative estimate of drug-likeness (QED) is 0.567. The second-order valence-electron chi connectivity index (χ2n) is 2.26. The van der Waals surface area contributed by atoms with Gasteiger partial charge >= 0.3 is 0 Å². The van der Waals surface area contributed by atoms with Crippen molar-refractivity contribution in [3.05, 3.63) is 24.2 Å². The highest BCUT2D eigenvalue weighted by atomic mass is 19.1. The molecule has 0 aromatic rings. The summed E-state index contributed by atoms with van der Waals surface area (Å²) in [6.07, 6.45) is 1.24. The smallest absolute Gasteiger partial charge is 0.104 e. The highest BCUT2D eigenvalue weighted by Gasteiger charge is 1.98. The van der Waals surface area contributed by atoms with E-state index in [2.05, 4.69) is 6.58 Å². The van der Waals surface area contributed by atoms with E-state index in [-0.39, 0.29) is 17.4 Å². The number of hydrogen-bond acceptors (Lipinski definition) is 1. The summed E-state index contributed by atoms with van der Waals surface area (Å²) >= 11 is 0. The minimum absolute atomic E-state index is 0.0923. The fourth-order valence-corrected chi connectivity index (χ4v) is 0.344. The van der Waals surface area contributed by atoms with Crippen molar-refractivity contribution in [1.82, 2.24) is 0 Å². The first-order chi connectivity index (χ1) is 4.04. The summed E-state index contributed by atoms with van der Waals surface area (Å²) in [5.41, 5.74) is 5.39. The molecule has 0 amide bonds. The molecule has 52 valence electrons. The minimum atomic E-state index is -0.220. The molecule has 0 heterocycles. The molecule has 9 heavy (non-hydrogen) atoms.